The van der Waals surface area contributed by atoms with Crippen LogP contribution in [0.25, 0.3) is 0 Å². The number of sulfonamides is 1. The Bertz CT molecular complexity index is 994. The second-order valence-electron chi connectivity index (χ2n) is 6.93. The van der Waals surface area contributed by atoms with Gasteiger partial charge in [-0.05, 0) is 36.6 Å². The minimum Gasteiger partial charge on any atom is -0.377 e. The molecule has 29 heavy (non-hydrogen) atoms. The highest BCUT2D eigenvalue weighted by Gasteiger charge is 2.43. The van der Waals surface area contributed by atoms with Crippen molar-refractivity contribution < 1.29 is 22.7 Å². The standard InChI is InChI=1S/C20H23N3O5S/c1-20(18(24)21-19(25)22-20)16-9-5-10-17(13-16)23-29(26,27)12-6-11-28-14-15-7-3-2-4-8-15/h2-5,7-10,13,23H,6,11-12,14H2,1H3,(H2,21,22,24,25). The van der Waals surface area contributed by atoms with Crippen LogP contribution in [-0.2, 0) is 31.7 Å². The molecule has 1 fully saturated rings. The largest absolute Gasteiger partial charge is 0.377 e. The van der Waals surface area contributed by atoms with Gasteiger partial charge in [0, 0.05) is 12.3 Å². The van der Waals surface area contributed by atoms with E-state index in [4.69, 9.17) is 4.74 Å². The van der Waals surface area contributed by atoms with Crippen LogP contribution in [0.4, 0.5) is 10.5 Å². The lowest BCUT2D eigenvalue weighted by Crippen LogP contribution is -2.40. The van der Waals surface area contributed by atoms with Crippen LogP contribution in [0.2, 0.25) is 0 Å². The lowest BCUT2D eigenvalue weighted by molar-refractivity contribution is -0.123. The summed E-state index contributed by atoms with van der Waals surface area (Å²) in [6.07, 6.45) is 0.345. The van der Waals surface area contributed by atoms with Gasteiger partial charge in [-0.2, -0.15) is 0 Å². The Morgan fingerprint density at radius 1 is 1.07 bits per heavy atom. The van der Waals surface area contributed by atoms with E-state index in [0.717, 1.165) is 5.56 Å². The average Bonchev–Trinajstić information content (AvgIpc) is 2.95. The van der Waals surface area contributed by atoms with E-state index in [1.807, 2.05) is 30.3 Å². The molecule has 1 unspecified atom stereocenters. The Balaban J connectivity index is 1.54. The maximum Gasteiger partial charge on any atom is 0.322 e. The first-order valence-corrected chi connectivity index (χ1v) is 10.8. The molecule has 1 aliphatic heterocycles. The van der Waals surface area contributed by atoms with Gasteiger partial charge < -0.3 is 10.1 Å². The van der Waals surface area contributed by atoms with E-state index in [1.165, 1.54) is 6.07 Å². The molecule has 0 aromatic heterocycles. The van der Waals surface area contributed by atoms with Crippen LogP contribution in [0, 0.1) is 0 Å². The SMILES string of the molecule is CC1(c2cccc(NS(=O)(=O)CCCOCc3ccccc3)c2)NC(=O)NC1=O. The number of anilines is 1. The van der Waals surface area contributed by atoms with Crippen LogP contribution in [0.1, 0.15) is 24.5 Å². The topological polar surface area (TPSA) is 114 Å². The molecular weight excluding hydrogens is 394 g/mol. The van der Waals surface area contributed by atoms with Gasteiger partial charge in [-0.15, -0.1) is 0 Å². The van der Waals surface area contributed by atoms with Gasteiger partial charge in [0.25, 0.3) is 5.91 Å². The number of urea groups is 1. The third-order valence-electron chi connectivity index (χ3n) is 4.57. The zero-order valence-electron chi connectivity index (χ0n) is 16.0. The van der Waals surface area contributed by atoms with Gasteiger partial charge in [0.05, 0.1) is 12.4 Å². The number of ether oxygens (including phenoxy) is 1. The normalized spacial score (nSPS) is 18.9. The molecule has 154 valence electrons. The lowest BCUT2D eigenvalue weighted by Gasteiger charge is -2.21. The van der Waals surface area contributed by atoms with E-state index < -0.39 is 27.5 Å². The lowest BCUT2D eigenvalue weighted by atomic mass is 9.92. The number of hydrogen-bond donors (Lipinski definition) is 3. The first-order valence-electron chi connectivity index (χ1n) is 9.15. The summed E-state index contributed by atoms with van der Waals surface area (Å²) < 4.78 is 32.7. The second kappa shape index (κ2) is 8.62. The highest BCUT2D eigenvalue weighted by molar-refractivity contribution is 7.92. The maximum atomic E-state index is 12.3. The van der Waals surface area contributed by atoms with E-state index >= 15 is 0 Å². The highest BCUT2D eigenvalue weighted by Crippen LogP contribution is 2.26. The number of hydrogen-bond acceptors (Lipinski definition) is 5. The first kappa shape index (κ1) is 20.8. The van der Waals surface area contributed by atoms with Crippen LogP contribution in [-0.4, -0.2) is 32.7 Å². The van der Waals surface area contributed by atoms with Gasteiger partial charge in [-0.25, -0.2) is 13.2 Å². The van der Waals surface area contributed by atoms with Crippen LogP contribution in [0.3, 0.4) is 0 Å². The Kier molecular flexibility index (Phi) is 6.19. The van der Waals surface area contributed by atoms with E-state index in [9.17, 15) is 18.0 Å². The summed E-state index contributed by atoms with van der Waals surface area (Å²) in [6.45, 7) is 2.31. The summed E-state index contributed by atoms with van der Waals surface area (Å²) in [7, 11) is -3.58. The molecule has 2 aromatic rings. The minimum absolute atomic E-state index is 0.0967. The molecule has 0 saturated carbocycles. The summed E-state index contributed by atoms with van der Waals surface area (Å²) in [5, 5.41) is 4.74. The summed E-state index contributed by atoms with van der Waals surface area (Å²) in [5.74, 6) is -0.585. The number of benzene rings is 2. The minimum atomic E-state index is -3.58. The molecule has 1 saturated heterocycles. The molecule has 3 amide bonds. The predicted molar refractivity (Wildman–Crippen MR) is 109 cm³/mol. The smallest absolute Gasteiger partial charge is 0.322 e. The van der Waals surface area contributed by atoms with Crippen molar-refractivity contribution in [3.8, 4) is 0 Å². The van der Waals surface area contributed by atoms with Gasteiger partial charge >= 0.3 is 6.03 Å². The fraction of sp³-hybridized carbons (Fsp3) is 0.300. The fourth-order valence-corrected chi connectivity index (χ4v) is 4.07. The van der Waals surface area contributed by atoms with Crippen molar-refractivity contribution in [3.63, 3.8) is 0 Å². The quantitative estimate of drug-likeness (QED) is 0.427. The summed E-state index contributed by atoms with van der Waals surface area (Å²) in [4.78, 5) is 23.5. The number of rotatable bonds is 9. The van der Waals surface area contributed by atoms with Crippen molar-refractivity contribution in [2.45, 2.75) is 25.5 Å². The molecule has 1 atom stereocenters. The second-order valence-corrected chi connectivity index (χ2v) is 8.77. The van der Waals surface area contributed by atoms with Crippen LogP contribution < -0.4 is 15.4 Å². The third kappa shape index (κ3) is 5.33. The zero-order chi connectivity index (χ0) is 20.9. The average molecular weight is 417 g/mol. The molecule has 9 heteroatoms. The van der Waals surface area contributed by atoms with Crippen molar-refractivity contribution in [1.29, 1.82) is 0 Å². The van der Waals surface area contributed by atoms with Gasteiger partial charge in [-0.3, -0.25) is 14.8 Å². The van der Waals surface area contributed by atoms with Crippen LogP contribution in [0.15, 0.2) is 54.6 Å². The number of carbonyl (C=O) groups is 2. The van der Waals surface area contributed by atoms with Gasteiger partial charge in [0.2, 0.25) is 10.0 Å². The molecule has 1 aliphatic rings. The summed E-state index contributed by atoms with van der Waals surface area (Å²) in [5.41, 5.74) is 0.584. The molecule has 2 aromatic carbocycles. The molecular formula is C20H23N3O5S. The number of imide groups is 1. The molecule has 0 spiro atoms. The Hall–Kier alpha value is -2.91. The fourth-order valence-electron chi connectivity index (χ4n) is 2.99. The van der Waals surface area contributed by atoms with Crippen molar-refractivity contribution in [2.75, 3.05) is 17.1 Å². The Morgan fingerprint density at radius 3 is 2.52 bits per heavy atom. The molecule has 0 radical (unpaired) electrons. The Labute approximate surface area is 169 Å². The van der Waals surface area contributed by atoms with E-state index in [0.29, 0.717) is 30.9 Å². The van der Waals surface area contributed by atoms with E-state index in [-0.39, 0.29) is 5.75 Å². The summed E-state index contributed by atoms with van der Waals surface area (Å²) >= 11 is 0. The van der Waals surface area contributed by atoms with Gasteiger partial charge in [-0.1, -0.05) is 42.5 Å². The van der Waals surface area contributed by atoms with Gasteiger partial charge in [0.1, 0.15) is 5.54 Å². The van der Waals surface area contributed by atoms with Crippen molar-refractivity contribution in [2.24, 2.45) is 0 Å². The molecule has 8 nitrogen and oxygen atoms in total. The first-order chi connectivity index (χ1) is 13.8. The zero-order valence-corrected chi connectivity index (χ0v) is 16.8. The third-order valence-corrected chi connectivity index (χ3v) is 5.94. The number of amides is 3. The molecule has 3 N–H and O–H groups in total. The Morgan fingerprint density at radius 2 is 1.83 bits per heavy atom. The van der Waals surface area contributed by atoms with E-state index in [2.05, 4.69) is 15.4 Å². The predicted octanol–water partition coefficient (Wildman–Crippen LogP) is 2.09. The van der Waals surface area contributed by atoms with Crippen molar-refractivity contribution in [3.05, 3.63) is 65.7 Å². The van der Waals surface area contributed by atoms with Gasteiger partial charge in [0.15, 0.2) is 0 Å². The van der Waals surface area contributed by atoms with Crippen molar-refractivity contribution >= 4 is 27.6 Å². The maximum absolute atomic E-state index is 12.3. The molecule has 0 bridgehead atoms. The highest BCUT2D eigenvalue weighted by atomic mass is 32.2. The van der Waals surface area contributed by atoms with E-state index in [1.54, 1.807) is 25.1 Å². The molecule has 3 rings (SSSR count). The number of nitrogens with one attached hydrogen (secondary N) is 3. The van der Waals surface area contributed by atoms with Crippen molar-refractivity contribution in [1.82, 2.24) is 10.6 Å². The monoisotopic (exact) mass is 417 g/mol. The molecule has 1 heterocycles. The molecule has 0 aliphatic carbocycles. The van der Waals surface area contributed by atoms with Crippen LogP contribution >= 0.6 is 0 Å². The number of carbonyl (C=O) groups excluding carboxylic acids is 2. The summed E-state index contributed by atoms with van der Waals surface area (Å²) in [6, 6.07) is 15.5. The van der Waals surface area contributed by atoms with Crippen LogP contribution in [0.5, 0.6) is 0 Å².